The van der Waals surface area contributed by atoms with Crippen LogP contribution in [0.3, 0.4) is 0 Å². The fourth-order valence-electron chi connectivity index (χ4n) is 7.37. The van der Waals surface area contributed by atoms with Crippen molar-refractivity contribution in [3.8, 4) is 0 Å². The number of benzene rings is 1. The molecule has 0 bridgehead atoms. The normalized spacial score (nSPS) is 12.0. The Hall–Kier alpha value is -1.92. The Morgan fingerprint density at radius 3 is 0.833 bits per heavy atom. The molecule has 0 N–H and O–H groups in total. The highest BCUT2D eigenvalue weighted by Crippen LogP contribution is 2.16. The van der Waals surface area contributed by atoms with Gasteiger partial charge in [0.15, 0.2) is 0 Å². The van der Waals surface area contributed by atoms with Crippen molar-refractivity contribution in [2.24, 2.45) is 0 Å². The molecule has 0 aromatic heterocycles. The second kappa shape index (κ2) is 33.2. The molecule has 0 aliphatic carbocycles. The number of hydrogen-bond acceptors (Lipinski definition) is 4. The Kier molecular flexibility index (Phi) is 30.8. The highest BCUT2D eigenvalue weighted by Gasteiger charge is 2.18. The number of quaternary nitrogens is 2. The zero-order valence-electron chi connectivity index (χ0n) is 36.9. The summed E-state index contributed by atoms with van der Waals surface area (Å²) in [4.78, 5) is 25.4. The average molecular weight is 759 g/mol. The summed E-state index contributed by atoms with van der Waals surface area (Å²) >= 11 is 0. The number of carbonyl (C=O) groups excluding carboxylic acids is 2. The molecule has 1 aromatic rings. The zero-order chi connectivity index (χ0) is 39.6. The van der Waals surface area contributed by atoms with E-state index in [2.05, 4.69) is 42.0 Å². The number of nitrogens with zero attached hydrogens (tertiary/aromatic N) is 2. The Morgan fingerprint density at radius 2 is 0.593 bits per heavy atom. The largest absolute Gasteiger partial charge is 0.456 e. The summed E-state index contributed by atoms with van der Waals surface area (Å²) in [6.45, 7) is 9.14. The molecule has 0 radical (unpaired) electrons. The Labute approximate surface area is 335 Å². The second-order valence-corrected chi connectivity index (χ2v) is 17.8. The maximum Gasteiger partial charge on any atom is 0.338 e. The van der Waals surface area contributed by atoms with Crippen LogP contribution in [0.5, 0.6) is 0 Å². The number of hydrogen-bond donors (Lipinski definition) is 0. The second-order valence-electron chi connectivity index (χ2n) is 17.8. The van der Waals surface area contributed by atoms with Gasteiger partial charge in [-0.25, -0.2) is 9.59 Å². The van der Waals surface area contributed by atoms with Crippen LogP contribution in [0.2, 0.25) is 0 Å². The van der Waals surface area contributed by atoms with Crippen LogP contribution in [0.15, 0.2) is 24.3 Å². The van der Waals surface area contributed by atoms with Crippen LogP contribution in [0.4, 0.5) is 0 Å². The summed E-state index contributed by atoms with van der Waals surface area (Å²) < 4.78 is 12.9. The van der Waals surface area contributed by atoms with E-state index >= 15 is 0 Å². The topological polar surface area (TPSA) is 52.6 Å². The highest BCUT2D eigenvalue weighted by atomic mass is 16.5. The van der Waals surface area contributed by atoms with Gasteiger partial charge in [0.1, 0.15) is 26.3 Å². The summed E-state index contributed by atoms with van der Waals surface area (Å²) in [6.07, 6.45) is 38.4. The van der Waals surface area contributed by atoms with Crippen molar-refractivity contribution in [3.05, 3.63) is 35.4 Å². The Bertz CT molecular complexity index is 941. The van der Waals surface area contributed by atoms with Gasteiger partial charge < -0.3 is 18.4 Å². The van der Waals surface area contributed by atoms with E-state index in [1.807, 2.05) is 0 Å². The standard InChI is InChI=1S/C48H90N2O4/c1-7-9-11-13-15-17-19-21-23-25-27-29-31-33-39-49(3,4)41-43-53-47(51)45-35-37-46(38-36-45)48(52)54-44-42-50(5,6)40-34-32-30-28-26-24-22-20-18-16-14-12-10-8-2/h35-38H,7-34,39-44H2,1-6H3/q+2. The molecule has 1 rings (SSSR count). The lowest BCUT2D eigenvalue weighted by atomic mass is 10.0. The van der Waals surface area contributed by atoms with Crippen LogP contribution in [-0.4, -0.2) is 88.5 Å². The molecule has 0 heterocycles. The maximum absolute atomic E-state index is 12.7. The van der Waals surface area contributed by atoms with Crippen molar-refractivity contribution >= 4 is 11.9 Å². The molecule has 0 unspecified atom stereocenters. The Morgan fingerprint density at radius 1 is 0.370 bits per heavy atom. The lowest BCUT2D eigenvalue weighted by Gasteiger charge is -2.29. The zero-order valence-corrected chi connectivity index (χ0v) is 36.9. The molecule has 6 heteroatoms. The summed E-state index contributed by atoms with van der Waals surface area (Å²) in [6, 6.07) is 6.68. The smallest absolute Gasteiger partial charge is 0.338 e. The van der Waals surface area contributed by atoms with E-state index in [-0.39, 0.29) is 11.9 Å². The van der Waals surface area contributed by atoms with Gasteiger partial charge in [-0.05, 0) is 49.9 Å². The van der Waals surface area contributed by atoms with Crippen molar-refractivity contribution in [2.45, 2.75) is 194 Å². The maximum atomic E-state index is 12.7. The molecular weight excluding hydrogens is 669 g/mol. The average Bonchev–Trinajstić information content (AvgIpc) is 3.15. The first kappa shape index (κ1) is 50.1. The van der Waals surface area contributed by atoms with Crippen LogP contribution in [0, 0.1) is 0 Å². The molecule has 6 nitrogen and oxygen atoms in total. The van der Waals surface area contributed by atoms with Crippen molar-refractivity contribution in [1.29, 1.82) is 0 Å². The lowest BCUT2D eigenvalue weighted by molar-refractivity contribution is -0.890. The van der Waals surface area contributed by atoms with Crippen molar-refractivity contribution in [3.63, 3.8) is 0 Å². The quantitative estimate of drug-likeness (QED) is 0.0383. The molecule has 0 aliphatic rings. The van der Waals surface area contributed by atoms with Crippen LogP contribution in [0.1, 0.15) is 214 Å². The van der Waals surface area contributed by atoms with E-state index in [4.69, 9.17) is 9.47 Å². The van der Waals surface area contributed by atoms with Crippen LogP contribution in [0.25, 0.3) is 0 Å². The first-order valence-corrected chi connectivity index (χ1v) is 23.2. The number of unbranched alkanes of at least 4 members (excludes halogenated alkanes) is 26. The monoisotopic (exact) mass is 759 g/mol. The van der Waals surface area contributed by atoms with Gasteiger partial charge in [0.2, 0.25) is 0 Å². The number of ether oxygens (including phenoxy) is 2. The van der Waals surface area contributed by atoms with Gasteiger partial charge in [-0.3, -0.25) is 0 Å². The van der Waals surface area contributed by atoms with Gasteiger partial charge in [-0.1, -0.05) is 168 Å². The highest BCUT2D eigenvalue weighted by molar-refractivity contribution is 5.93. The molecule has 0 spiro atoms. The van der Waals surface area contributed by atoms with Gasteiger partial charge in [0, 0.05) is 0 Å². The molecule has 0 saturated carbocycles. The third-order valence-electron chi connectivity index (χ3n) is 11.4. The van der Waals surface area contributed by atoms with E-state index in [0.717, 1.165) is 35.1 Å². The van der Waals surface area contributed by atoms with E-state index in [0.29, 0.717) is 24.3 Å². The SMILES string of the molecule is CCCCCCCCCCCCCCCC[N+](C)(C)CCOC(=O)c1ccc(C(=O)OCC[N+](C)(C)CCCCCCCCCCCCCCCC)cc1. The first-order valence-electron chi connectivity index (χ1n) is 23.2. The molecule has 0 amide bonds. The van der Waals surface area contributed by atoms with E-state index in [1.54, 1.807) is 24.3 Å². The molecule has 314 valence electrons. The third kappa shape index (κ3) is 29.4. The number of likely N-dealkylation sites (N-methyl/N-ethyl adjacent to an activating group) is 2. The van der Waals surface area contributed by atoms with Gasteiger partial charge >= 0.3 is 11.9 Å². The lowest BCUT2D eigenvalue weighted by Crippen LogP contribution is -2.43. The fraction of sp³-hybridized carbons (Fsp3) is 0.833. The molecule has 54 heavy (non-hydrogen) atoms. The minimum absolute atomic E-state index is 0.339. The predicted molar refractivity (Wildman–Crippen MR) is 231 cm³/mol. The van der Waals surface area contributed by atoms with Gasteiger partial charge in [0.25, 0.3) is 0 Å². The number of rotatable bonds is 38. The van der Waals surface area contributed by atoms with Crippen molar-refractivity contribution in [1.82, 2.24) is 0 Å². The minimum Gasteiger partial charge on any atom is -0.456 e. The fourth-order valence-corrected chi connectivity index (χ4v) is 7.37. The molecule has 0 atom stereocenters. The summed E-state index contributed by atoms with van der Waals surface area (Å²) in [5, 5.41) is 0. The van der Waals surface area contributed by atoms with Crippen LogP contribution >= 0.6 is 0 Å². The van der Waals surface area contributed by atoms with Crippen LogP contribution < -0.4 is 0 Å². The van der Waals surface area contributed by atoms with E-state index in [1.165, 1.54) is 180 Å². The van der Waals surface area contributed by atoms with Gasteiger partial charge in [-0.15, -0.1) is 0 Å². The van der Waals surface area contributed by atoms with E-state index in [9.17, 15) is 9.59 Å². The van der Waals surface area contributed by atoms with Gasteiger partial charge in [0.05, 0.1) is 52.4 Å². The molecular formula is C48H90N2O4+2. The van der Waals surface area contributed by atoms with Gasteiger partial charge in [-0.2, -0.15) is 0 Å². The molecule has 1 aromatic carbocycles. The van der Waals surface area contributed by atoms with Crippen molar-refractivity contribution < 1.29 is 28.0 Å². The predicted octanol–water partition coefficient (Wildman–Crippen LogP) is 13.1. The van der Waals surface area contributed by atoms with Crippen molar-refractivity contribution in [2.75, 3.05) is 67.6 Å². The summed E-state index contributed by atoms with van der Waals surface area (Å²) in [7, 11) is 8.88. The Balaban J connectivity index is 2.10. The number of esters is 2. The third-order valence-corrected chi connectivity index (χ3v) is 11.4. The van der Waals surface area contributed by atoms with E-state index < -0.39 is 0 Å². The summed E-state index contributed by atoms with van der Waals surface area (Å²) in [5.41, 5.74) is 0.935. The first-order chi connectivity index (χ1) is 26.1. The molecule has 0 fully saturated rings. The van der Waals surface area contributed by atoms with Crippen LogP contribution in [-0.2, 0) is 9.47 Å². The minimum atomic E-state index is -0.339. The summed E-state index contributed by atoms with van der Waals surface area (Å²) in [5.74, 6) is -0.678. The molecule has 0 saturated heterocycles. The number of carbonyl (C=O) groups is 2. The molecule has 0 aliphatic heterocycles.